The highest BCUT2D eigenvalue weighted by Crippen LogP contribution is 2.33. The molecule has 1 N–H and O–H groups in total. The van der Waals surface area contributed by atoms with Gasteiger partial charge in [0.05, 0.1) is 4.90 Å². The van der Waals surface area contributed by atoms with E-state index >= 15 is 0 Å². The first-order chi connectivity index (χ1) is 12.0. The summed E-state index contributed by atoms with van der Waals surface area (Å²) in [6.45, 7) is 2.31. The van der Waals surface area contributed by atoms with Crippen molar-refractivity contribution in [1.29, 1.82) is 0 Å². The molecule has 1 aliphatic rings. The van der Waals surface area contributed by atoms with Crippen molar-refractivity contribution in [3.63, 3.8) is 0 Å². The third-order valence-electron chi connectivity index (χ3n) is 4.58. The van der Waals surface area contributed by atoms with Gasteiger partial charge in [0.1, 0.15) is 0 Å². The van der Waals surface area contributed by atoms with Gasteiger partial charge in [0.25, 0.3) is 0 Å². The number of benzene rings is 2. The minimum absolute atomic E-state index is 0.255. The first-order valence-electron chi connectivity index (χ1n) is 8.49. The highest BCUT2D eigenvalue weighted by Gasteiger charge is 2.27. The maximum atomic E-state index is 12.5. The number of hydrogen-bond acceptors (Lipinski definition) is 2. The molecule has 0 heterocycles. The molecule has 1 aliphatic carbocycles. The smallest absolute Gasteiger partial charge is 0.211 e. The summed E-state index contributed by atoms with van der Waals surface area (Å²) in [7, 11) is -3.48. The molecule has 130 valence electrons. The molecule has 0 unspecified atom stereocenters. The number of nitrogens with one attached hydrogen (secondary N) is 1. The second-order valence-corrected chi connectivity index (χ2v) is 8.17. The van der Waals surface area contributed by atoms with Crippen LogP contribution in [0.4, 0.5) is 0 Å². The first-order valence-corrected chi connectivity index (χ1v) is 9.97. The molecule has 0 saturated carbocycles. The molecule has 0 amide bonds. The zero-order valence-corrected chi connectivity index (χ0v) is 15.2. The lowest BCUT2D eigenvalue weighted by Gasteiger charge is -2.30. The van der Waals surface area contributed by atoms with Crippen LogP contribution in [-0.2, 0) is 15.4 Å². The van der Waals surface area contributed by atoms with Gasteiger partial charge in [-0.25, -0.2) is 13.1 Å². The molecular formula is C21H23NO2S. The second-order valence-electron chi connectivity index (χ2n) is 6.41. The Bertz CT molecular complexity index is 854. The lowest BCUT2D eigenvalue weighted by atomic mass is 9.75. The SMILES string of the molecule is Cc1ccc(S(=O)(=O)NCCC2(c3ccccc3)C=CCC=C2)cc1. The fraction of sp³-hybridized carbons (Fsp3) is 0.238. The summed E-state index contributed by atoms with van der Waals surface area (Å²) in [5.74, 6) is 0. The molecule has 0 fully saturated rings. The van der Waals surface area contributed by atoms with E-state index in [2.05, 4.69) is 41.2 Å². The van der Waals surface area contributed by atoms with Crippen LogP contribution in [0.25, 0.3) is 0 Å². The molecule has 25 heavy (non-hydrogen) atoms. The van der Waals surface area contributed by atoms with Crippen LogP contribution in [0.1, 0.15) is 24.0 Å². The number of allylic oxidation sites excluding steroid dienone is 4. The monoisotopic (exact) mass is 353 g/mol. The average Bonchev–Trinajstić information content (AvgIpc) is 2.63. The van der Waals surface area contributed by atoms with Crippen molar-refractivity contribution in [3.05, 3.63) is 90.0 Å². The van der Waals surface area contributed by atoms with Crippen molar-refractivity contribution in [1.82, 2.24) is 4.72 Å². The fourth-order valence-corrected chi connectivity index (χ4v) is 4.17. The first kappa shape index (κ1) is 17.6. The van der Waals surface area contributed by atoms with Gasteiger partial charge in [-0.2, -0.15) is 0 Å². The Morgan fingerprint density at radius 1 is 0.960 bits per heavy atom. The van der Waals surface area contributed by atoms with Gasteiger partial charge >= 0.3 is 0 Å². The van der Waals surface area contributed by atoms with E-state index in [1.807, 2.05) is 37.3 Å². The van der Waals surface area contributed by atoms with Crippen molar-refractivity contribution < 1.29 is 8.42 Å². The number of hydrogen-bond donors (Lipinski definition) is 1. The van der Waals surface area contributed by atoms with Crippen LogP contribution in [0.15, 0.2) is 83.8 Å². The van der Waals surface area contributed by atoms with Gasteiger partial charge in [-0.3, -0.25) is 0 Å². The Balaban J connectivity index is 1.74. The average molecular weight is 353 g/mol. The highest BCUT2D eigenvalue weighted by atomic mass is 32.2. The van der Waals surface area contributed by atoms with Gasteiger partial charge in [0.15, 0.2) is 0 Å². The summed E-state index contributed by atoms with van der Waals surface area (Å²) in [6.07, 6.45) is 10.2. The molecule has 2 aromatic carbocycles. The molecule has 0 aliphatic heterocycles. The van der Waals surface area contributed by atoms with E-state index < -0.39 is 10.0 Å². The van der Waals surface area contributed by atoms with Crippen LogP contribution in [0.5, 0.6) is 0 Å². The van der Waals surface area contributed by atoms with Gasteiger partial charge < -0.3 is 0 Å². The van der Waals surface area contributed by atoms with Crippen LogP contribution in [0, 0.1) is 6.92 Å². The van der Waals surface area contributed by atoms with E-state index in [-0.39, 0.29) is 5.41 Å². The predicted molar refractivity (Wildman–Crippen MR) is 102 cm³/mol. The van der Waals surface area contributed by atoms with Gasteiger partial charge in [-0.1, -0.05) is 72.3 Å². The molecule has 3 nitrogen and oxygen atoms in total. The lowest BCUT2D eigenvalue weighted by molar-refractivity contribution is 0.554. The molecule has 0 radical (unpaired) electrons. The van der Waals surface area contributed by atoms with E-state index in [0.717, 1.165) is 12.0 Å². The zero-order valence-electron chi connectivity index (χ0n) is 14.4. The van der Waals surface area contributed by atoms with Crippen LogP contribution < -0.4 is 4.72 Å². The fourth-order valence-electron chi connectivity index (χ4n) is 3.14. The molecular weight excluding hydrogens is 330 g/mol. The Morgan fingerprint density at radius 3 is 2.24 bits per heavy atom. The van der Waals surface area contributed by atoms with E-state index in [9.17, 15) is 8.42 Å². The van der Waals surface area contributed by atoms with Gasteiger partial charge in [0, 0.05) is 12.0 Å². The number of rotatable bonds is 6. The van der Waals surface area contributed by atoms with E-state index in [4.69, 9.17) is 0 Å². The molecule has 0 atom stereocenters. The van der Waals surface area contributed by atoms with Crippen molar-refractivity contribution in [2.45, 2.75) is 30.1 Å². The molecule has 4 heteroatoms. The van der Waals surface area contributed by atoms with Crippen LogP contribution >= 0.6 is 0 Å². The minimum Gasteiger partial charge on any atom is -0.211 e. The van der Waals surface area contributed by atoms with Gasteiger partial charge in [0.2, 0.25) is 10.0 Å². The maximum absolute atomic E-state index is 12.5. The van der Waals surface area contributed by atoms with Crippen LogP contribution in [-0.4, -0.2) is 15.0 Å². The summed E-state index contributed by atoms with van der Waals surface area (Å²) in [5, 5.41) is 0. The lowest BCUT2D eigenvalue weighted by Crippen LogP contribution is -2.31. The predicted octanol–water partition coefficient (Wildman–Crippen LogP) is 4.12. The standard InChI is InChI=1S/C21H23NO2S/c1-18-10-12-20(13-11-18)25(23,24)22-17-16-21(14-6-3-7-15-21)19-8-4-2-5-9-19/h2,4-15,22H,3,16-17H2,1H3. The second kappa shape index (κ2) is 7.38. The molecule has 3 rings (SSSR count). The highest BCUT2D eigenvalue weighted by molar-refractivity contribution is 7.89. The topological polar surface area (TPSA) is 46.2 Å². The van der Waals surface area contributed by atoms with Crippen molar-refractivity contribution in [2.75, 3.05) is 6.54 Å². The maximum Gasteiger partial charge on any atom is 0.240 e. The third kappa shape index (κ3) is 4.09. The summed E-state index contributed by atoms with van der Waals surface area (Å²) in [5.41, 5.74) is 1.96. The summed E-state index contributed by atoms with van der Waals surface area (Å²) in [4.78, 5) is 0.307. The van der Waals surface area contributed by atoms with E-state index in [1.165, 1.54) is 5.56 Å². The number of aryl methyl sites for hydroxylation is 1. The summed E-state index contributed by atoms with van der Waals surface area (Å²) >= 11 is 0. The Kier molecular flexibility index (Phi) is 5.21. The Hall–Kier alpha value is -2.17. The molecule has 2 aromatic rings. The van der Waals surface area contributed by atoms with Crippen molar-refractivity contribution in [3.8, 4) is 0 Å². The van der Waals surface area contributed by atoms with E-state index in [1.54, 1.807) is 12.1 Å². The van der Waals surface area contributed by atoms with Gasteiger partial charge in [-0.05, 0) is 37.5 Å². The molecule has 0 aromatic heterocycles. The zero-order chi connectivity index (χ0) is 17.8. The number of sulfonamides is 1. The summed E-state index contributed by atoms with van der Waals surface area (Å²) in [6, 6.07) is 17.1. The van der Waals surface area contributed by atoms with Crippen molar-refractivity contribution in [2.24, 2.45) is 0 Å². The molecule has 0 saturated heterocycles. The Morgan fingerprint density at radius 2 is 1.60 bits per heavy atom. The Labute approximate surface area is 150 Å². The normalized spacial score (nSPS) is 16.0. The van der Waals surface area contributed by atoms with Crippen molar-refractivity contribution >= 4 is 10.0 Å². The van der Waals surface area contributed by atoms with E-state index in [0.29, 0.717) is 17.9 Å². The molecule has 0 spiro atoms. The minimum atomic E-state index is -3.48. The quantitative estimate of drug-likeness (QED) is 0.794. The van der Waals surface area contributed by atoms with Gasteiger partial charge in [-0.15, -0.1) is 0 Å². The van der Waals surface area contributed by atoms with Crippen LogP contribution in [0.3, 0.4) is 0 Å². The van der Waals surface area contributed by atoms with Crippen LogP contribution in [0.2, 0.25) is 0 Å². The third-order valence-corrected chi connectivity index (χ3v) is 6.05. The largest absolute Gasteiger partial charge is 0.240 e. The summed E-state index contributed by atoms with van der Waals surface area (Å²) < 4.78 is 27.7. The molecule has 0 bridgehead atoms.